The summed E-state index contributed by atoms with van der Waals surface area (Å²) in [5, 5.41) is 3.07. The Balaban J connectivity index is 1.85. The van der Waals surface area contributed by atoms with E-state index in [1.807, 2.05) is 37.7 Å². The fourth-order valence-electron chi connectivity index (χ4n) is 2.54. The van der Waals surface area contributed by atoms with E-state index in [9.17, 15) is 4.79 Å². The van der Waals surface area contributed by atoms with Crippen molar-refractivity contribution in [2.24, 2.45) is 0 Å². The molecule has 1 amide bonds. The van der Waals surface area contributed by atoms with Gasteiger partial charge in [-0.1, -0.05) is 15.9 Å². The molecule has 2 aromatic rings. The molecular weight excluding hydrogens is 366 g/mol. The third-order valence-corrected chi connectivity index (χ3v) is 6.29. The van der Waals surface area contributed by atoms with Crippen LogP contribution in [-0.2, 0) is 12.2 Å². The summed E-state index contributed by atoms with van der Waals surface area (Å²) in [5.74, 6) is 2.21. The summed E-state index contributed by atoms with van der Waals surface area (Å²) in [5.41, 5.74) is 4.41. The second-order valence-corrected chi connectivity index (χ2v) is 8.39. The van der Waals surface area contributed by atoms with Crippen molar-refractivity contribution < 1.29 is 4.79 Å². The van der Waals surface area contributed by atoms with E-state index >= 15 is 0 Å². The first-order valence-electron chi connectivity index (χ1n) is 6.82. The van der Waals surface area contributed by atoms with Gasteiger partial charge in [0.15, 0.2) is 0 Å². The highest BCUT2D eigenvalue weighted by molar-refractivity contribution is 9.10. The van der Waals surface area contributed by atoms with E-state index in [4.69, 9.17) is 0 Å². The van der Waals surface area contributed by atoms with Gasteiger partial charge in [-0.05, 0) is 60.9 Å². The molecule has 0 saturated carbocycles. The Hall–Kier alpha value is -0.780. The third kappa shape index (κ3) is 3.20. The van der Waals surface area contributed by atoms with Crippen LogP contribution in [-0.4, -0.2) is 11.7 Å². The maximum absolute atomic E-state index is 12.5. The SMILES string of the molecule is Cc1cc(Br)cc(C)c1NC(=O)c1cc2c(s1)CCSC2. The van der Waals surface area contributed by atoms with Gasteiger partial charge in [-0.15, -0.1) is 11.3 Å². The quantitative estimate of drug-likeness (QED) is 0.777. The number of nitrogens with one attached hydrogen (secondary N) is 1. The van der Waals surface area contributed by atoms with Crippen LogP contribution in [0.15, 0.2) is 22.7 Å². The number of hydrogen-bond acceptors (Lipinski definition) is 3. The van der Waals surface area contributed by atoms with Crippen molar-refractivity contribution in [3.05, 3.63) is 49.1 Å². The number of amides is 1. The normalized spacial score (nSPS) is 13.9. The lowest BCUT2D eigenvalue weighted by atomic mass is 10.1. The van der Waals surface area contributed by atoms with Gasteiger partial charge in [0.25, 0.3) is 5.91 Å². The summed E-state index contributed by atoms with van der Waals surface area (Å²) in [4.78, 5) is 14.7. The van der Waals surface area contributed by atoms with Crippen LogP contribution in [0.4, 0.5) is 5.69 Å². The van der Waals surface area contributed by atoms with Crippen LogP contribution in [0.25, 0.3) is 0 Å². The molecular formula is C16H16BrNOS2. The highest BCUT2D eigenvalue weighted by Gasteiger charge is 2.18. The molecule has 21 heavy (non-hydrogen) atoms. The Morgan fingerprint density at radius 1 is 1.24 bits per heavy atom. The van der Waals surface area contributed by atoms with Crippen LogP contribution in [0.5, 0.6) is 0 Å². The van der Waals surface area contributed by atoms with Gasteiger partial charge in [-0.25, -0.2) is 0 Å². The predicted octanol–water partition coefficient (Wildman–Crippen LogP) is 5.17. The molecule has 3 rings (SSSR count). The number of hydrogen-bond donors (Lipinski definition) is 1. The number of benzene rings is 1. The Morgan fingerprint density at radius 3 is 2.62 bits per heavy atom. The van der Waals surface area contributed by atoms with Crippen molar-refractivity contribution in [2.75, 3.05) is 11.1 Å². The predicted molar refractivity (Wildman–Crippen MR) is 95.8 cm³/mol. The minimum absolute atomic E-state index is 0.00734. The van der Waals surface area contributed by atoms with E-state index in [0.29, 0.717) is 0 Å². The molecule has 5 heteroatoms. The molecule has 0 bridgehead atoms. The van der Waals surface area contributed by atoms with Gasteiger partial charge in [0.1, 0.15) is 0 Å². The molecule has 0 fully saturated rings. The first-order valence-corrected chi connectivity index (χ1v) is 9.58. The van der Waals surface area contributed by atoms with Gasteiger partial charge in [-0.3, -0.25) is 4.79 Å². The topological polar surface area (TPSA) is 29.1 Å². The number of rotatable bonds is 2. The third-order valence-electron chi connectivity index (χ3n) is 3.59. The van der Waals surface area contributed by atoms with Crippen LogP contribution in [0.2, 0.25) is 0 Å². The summed E-state index contributed by atoms with van der Waals surface area (Å²) < 4.78 is 1.04. The molecule has 1 aliphatic rings. The summed E-state index contributed by atoms with van der Waals surface area (Å²) in [7, 11) is 0. The minimum atomic E-state index is 0.00734. The summed E-state index contributed by atoms with van der Waals surface area (Å²) in [6.45, 7) is 4.03. The average molecular weight is 382 g/mol. The zero-order valence-electron chi connectivity index (χ0n) is 12.0. The number of halogens is 1. The summed E-state index contributed by atoms with van der Waals surface area (Å²) in [6, 6.07) is 6.11. The van der Waals surface area contributed by atoms with Crippen molar-refractivity contribution in [1.29, 1.82) is 0 Å². The first-order chi connectivity index (χ1) is 10.0. The number of anilines is 1. The van der Waals surface area contributed by atoms with E-state index in [2.05, 4.69) is 27.3 Å². The fraction of sp³-hybridized carbons (Fsp3) is 0.312. The number of thiophene rings is 1. The van der Waals surface area contributed by atoms with Crippen LogP contribution >= 0.6 is 39.0 Å². The lowest BCUT2D eigenvalue weighted by Crippen LogP contribution is -2.12. The van der Waals surface area contributed by atoms with Gasteiger partial charge < -0.3 is 5.32 Å². The zero-order valence-corrected chi connectivity index (χ0v) is 15.2. The molecule has 0 radical (unpaired) electrons. The van der Waals surface area contributed by atoms with Gasteiger partial charge in [0.05, 0.1) is 4.88 Å². The highest BCUT2D eigenvalue weighted by atomic mass is 79.9. The molecule has 0 saturated heterocycles. The molecule has 2 nitrogen and oxygen atoms in total. The second kappa shape index (κ2) is 6.15. The fourth-order valence-corrected chi connectivity index (χ4v) is 5.50. The molecule has 1 aromatic heterocycles. The Morgan fingerprint density at radius 2 is 1.95 bits per heavy atom. The largest absolute Gasteiger partial charge is 0.321 e. The minimum Gasteiger partial charge on any atom is -0.321 e. The molecule has 2 heterocycles. The monoisotopic (exact) mass is 381 g/mol. The molecule has 0 aliphatic carbocycles. The van der Waals surface area contributed by atoms with Crippen molar-refractivity contribution in [1.82, 2.24) is 0 Å². The van der Waals surface area contributed by atoms with Crippen molar-refractivity contribution in [3.8, 4) is 0 Å². The van der Waals surface area contributed by atoms with E-state index in [0.717, 1.165) is 38.3 Å². The smallest absolute Gasteiger partial charge is 0.265 e. The van der Waals surface area contributed by atoms with Crippen molar-refractivity contribution in [2.45, 2.75) is 26.0 Å². The summed E-state index contributed by atoms with van der Waals surface area (Å²) in [6.07, 6.45) is 1.09. The average Bonchev–Trinajstić information content (AvgIpc) is 2.86. The van der Waals surface area contributed by atoms with E-state index in [1.54, 1.807) is 11.3 Å². The number of fused-ring (bicyclic) bond motifs is 1. The van der Waals surface area contributed by atoms with Crippen LogP contribution in [0, 0.1) is 13.8 Å². The lowest BCUT2D eigenvalue weighted by Gasteiger charge is -2.11. The molecule has 0 unspecified atom stereocenters. The molecule has 0 atom stereocenters. The molecule has 1 aromatic carbocycles. The summed E-state index contributed by atoms with van der Waals surface area (Å²) >= 11 is 7.07. The number of carbonyl (C=O) groups is 1. The van der Waals surface area contributed by atoms with Crippen LogP contribution in [0.3, 0.4) is 0 Å². The van der Waals surface area contributed by atoms with Crippen LogP contribution < -0.4 is 5.32 Å². The Kier molecular flexibility index (Phi) is 4.43. The second-order valence-electron chi connectivity index (χ2n) is 5.23. The first kappa shape index (κ1) is 15.1. The number of carbonyl (C=O) groups excluding carboxylic acids is 1. The van der Waals surface area contributed by atoms with Gasteiger partial charge in [-0.2, -0.15) is 11.8 Å². The maximum Gasteiger partial charge on any atom is 0.265 e. The maximum atomic E-state index is 12.5. The van der Waals surface area contributed by atoms with Gasteiger partial charge >= 0.3 is 0 Å². The zero-order chi connectivity index (χ0) is 15.0. The van der Waals surface area contributed by atoms with Gasteiger partial charge in [0.2, 0.25) is 0 Å². The van der Waals surface area contributed by atoms with Crippen molar-refractivity contribution in [3.63, 3.8) is 0 Å². The van der Waals surface area contributed by atoms with E-state index in [-0.39, 0.29) is 5.91 Å². The van der Waals surface area contributed by atoms with Crippen molar-refractivity contribution >= 4 is 50.6 Å². The number of aryl methyl sites for hydroxylation is 3. The van der Waals surface area contributed by atoms with Crippen LogP contribution in [0.1, 0.15) is 31.2 Å². The van der Waals surface area contributed by atoms with Gasteiger partial charge in [0, 0.05) is 20.8 Å². The highest BCUT2D eigenvalue weighted by Crippen LogP contribution is 2.32. The van der Waals surface area contributed by atoms with E-state index in [1.165, 1.54) is 16.2 Å². The molecule has 1 aliphatic heterocycles. The van der Waals surface area contributed by atoms with E-state index < -0.39 is 0 Å². The lowest BCUT2D eigenvalue weighted by molar-refractivity contribution is 0.103. The molecule has 0 spiro atoms. The Bertz CT molecular complexity index is 662. The molecule has 110 valence electrons. The number of thioether (sulfide) groups is 1. The standard InChI is InChI=1S/C16H16BrNOS2/c1-9-5-12(17)6-10(2)15(9)18-16(19)14-7-11-8-20-4-3-13(11)21-14/h5-7H,3-4,8H2,1-2H3,(H,18,19). The molecule has 1 N–H and O–H groups in total. The Labute approximate surface area is 141 Å².